The molecule has 0 aliphatic carbocycles. The molecule has 1 amide bonds. The summed E-state index contributed by atoms with van der Waals surface area (Å²) in [4.78, 5) is 29.4. The lowest BCUT2D eigenvalue weighted by Crippen LogP contribution is -2.60. The highest BCUT2D eigenvalue weighted by atomic mass is 19.1. The number of aliphatic hydroxyl groups is 1. The molecule has 1 aromatic carbocycles. The fraction of sp³-hybridized carbons (Fsp3) is 0.370. The minimum atomic E-state index is -0.811. The van der Waals surface area contributed by atoms with E-state index in [4.69, 9.17) is 5.73 Å². The third-order valence-electron chi connectivity index (χ3n) is 6.75. The highest BCUT2D eigenvalue weighted by molar-refractivity contribution is 5.94. The Balaban J connectivity index is 0.00000172. The van der Waals surface area contributed by atoms with Crippen LogP contribution in [0.15, 0.2) is 30.5 Å². The molecule has 3 N–H and O–H groups in total. The number of benzene rings is 1. The van der Waals surface area contributed by atoms with E-state index in [0.717, 1.165) is 18.0 Å². The molecule has 0 radical (unpaired) electrons. The molecule has 5 rings (SSSR count). The number of hydrogen-bond donors (Lipinski definition) is 2. The van der Waals surface area contributed by atoms with Crippen molar-refractivity contribution in [2.24, 2.45) is 0 Å². The lowest BCUT2D eigenvalue weighted by atomic mass is 9.97. The maximum Gasteiger partial charge on any atom is 0.255 e. The first kappa shape index (κ1) is 27.7. The van der Waals surface area contributed by atoms with Gasteiger partial charge in [-0.05, 0) is 44.9 Å². The summed E-state index contributed by atoms with van der Waals surface area (Å²) in [6.45, 7) is 4.76. The molecule has 0 spiro atoms. The third kappa shape index (κ3) is 5.58. The fourth-order valence-electron chi connectivity index (χ4n) is 4.60. The number of hydrogen-bond acceptors (Lipinski definition) is 8. The van der Waals surface area contributed by atoms with Gasteiger partial charge in [-0.15, -0.1) is 17.9 Å². The molecule has 0 bridgehead atoms. The second kappa shape index (κ2) is 10.8. The summed E-state index contributed by atoms with van der Waals surface area (Å²) < 4.78 is 29.2. The number of aryl methyl sites for hydroxylation is 1. The standard InChI is InChI=1S/C25H28F2N8O2.C2H2/c1-14(33(3)23(36)15-7-8-20(29-11-15)34-12-25(2,37)13-34)5-4-6-19-30-22-17-9-16(26)10-18(27)21(17)31-24(28)35(22)32-19;1-2/h7-11,14,37H,4-6,12-13H2,1-3H3,(H2,28,31);1-2H/t14-;/m0./s1. The molecule has 1 fully saturated rings. The Hall–Kier alpha value is -4.37. The van der Waals surface area contributed by atoms with Gasteiger partial charge in [-0.3, -0.25) is 4.79 Å². The Morgan fingerprint density at radius 3 is 2.62 bits per heavy atom. The first-order valence-corrected chi connectivity index (χ1v) is 12.4. The van der Waals surface area contributed by atoms with Crippen molar-refractivity contribution in [1.29, 1.82) is 0 Å². The van der Waals surface area contributed by atoms with E-state index >= 15 is 0 Å². The van der Waals surface area contributed by atoms with E-state index in [2.05, 4.69) is 32.9 Å². The number of aromatic nitrogens is 5. The average Bonchev–Trinajstić information content (AvgIpc) is 3.33. The molecule has 1 aliphatic heterocycles. The normalized spacial score (nSPS) is 14.9. The Morgan fingerprint density at radius 1 is 1.26 bits per heavy atom. The van der Waals surface area contributed by atoms with Gasteiger partial charge in [-0.25, -0.2) is 23.7 Å². The van der Waals surface area contributed by atoms with Crippen LogP contribution in [0.5, 0.6) is 0 Å². The van der Waals surface area contributed by atoms with Crippen LogP contribution in [0.3, 0.4) is 0 Å². The minimum absolute atomic E-state index is 0.0374. The van der Waals surface area contributed by atoms with Gasteiger partial charge in [0, 0.05) is 44.9 Å². The number of nitrogens with two attached hydrogens (primary N) is 1. The number of anilines is 2. The Morgan fingerprint density at radius 2 is 1.97 bits per heavy atom. The molecule has 1 atom stereocenters. The van der Waals surface area contributed by atoms with Crippen molar-refractivity contribution in [3.8, 4) is 12.8 Å². The maximum absolute atomic E-state index is 14.2. The van der Waals surface area contributed by atoms with Crippen LogP contribution in [0.4, 0.5) is 20.5 Å². The first-order valence-electron chi connectivity index (χ1n) is 12.4. The number of amides is 1. The van der Waals surface area contributed by atoms with E-state index in [9.17, 15) is 18.7 Å². The smallest absolute Gasteiger partial charge is 0.255 e. The number of nitrogens with zero attached hydrogens (tertiary/aromatic N) is 7. The zero-order valence-corrected chi connectivity index (χ0v) is 22.0. The minimum Gasteiger partial charge on any atom is -0.386 e. The molecule has 39 heavy (non-hydrogen) atoms. The van der Waals surface area contributed by atoms with Crippen LogP contribution in [0.25, 0.3) is 16.6 Å². The second-order valence-electron chi connectivity index (χ2n) is 9.93. The van der Waals surface area contributed by atoms with Crippen molar-refractivity contribution >= 4 is 34.2 Å². The summed E-state index contributed by atoms with van der Waals surface area (Å²) in [5.74, 6) is -0.520. The quantitative estimate of drug-likeness (QED) is 0.346. The van der Waals surface area contributed by atoms with E-state index in [1.165, 1.54) is 4.52 Å². The predicted molar refractivity (Wildman–Crippen MR) is 144 cm³/mol. The monoisotopic (exact) mass is 536 g/mol. The van der Waals surface area contributed by atoms with E-state index in [1.807, 2.05) is 11.8 Å². The summed E-state index contributed by atoms with van der Waals surface area (Å²) in [7, 11) is 1.75. The van der Waals surface area contributed by atoms with E-state index in [1.54, 1.807) is 37.2 Å². The van der Waals surface area contributed by atoms with Gasteiger partial charge in [-0.1, -0.05) is 0 Å². The van der Waals surface area contributed by atoms with Crippen molar-refractivity contribution in [3.63, 3.8) is 0 Å². The Labute approximate surface area is 224 Å². The van der Waals surface area contributed by atoms with Crippen molar-refractivity contribution in [2.45, 2.75) is 44.8 Å². The van der Waals surface area contributed by atoms with Crippen LogP contribution < -0.4 is 10.6 Å². The molecule has 1 saturated heterocycles. The van der Waals surface area contributed by atoms with Gasteiger partial charge in [0.05, 0.1) is 16.6 Å². The molecule has 4 aromatic rings. The third-order valence-corrected chi connectivity index (χ3v) is 6.75. The maximum atomic E-state index is 14.2. The topological polar surface area (TPSA) is 126 Å². The number of terminal acetylenes is 1. The van der Waals surface area contributed by atoms with Gasteiger partial charge in [0.2, 0.25) is 5.95 Å². The van der Waals surface area contributed by atoms with Crippen LogP contribution >= 0.6 is 0 Å². The van der Waals surface area contributed by atoms with Gasteiger partial charge in [0.15, 0.2) is 17.3 Å². The molecular weight excluding hydrogens is 506 g/mol. The zero-order valence-electron chi connectivity index (χ0n) is 22.0. The number of carbonyl (C=O) groups excluding carboxylic acids is 1. The van der Waals surface area contributed by atoms with Gasteiger partial charge < -0.3 is 20.6 Å². The van der Waals surface area contributed by atoms with Crippen LogP contribution in [-0.2, 0) is 6.42 Å². The predicted octanol–water partition coefficient (Wildman–Crippen LogP) is 2.84. The summed E-state index contributed by atoms with van der Waals surface area (Å²) in [6.07, 6.45) is 11.4. The summed E-state index contributed by atoms with van der Waals surface area (Å²) in [5.41, 5.74) is 5.90. The van der Waals surface area contributed by atoms with Crippen LogP contribution in [-0.4, -0.2) is 72.3 Å². The average molecular weight is 537 g/mol. The van der Waals surface area contributed by atoms with Gasteiger partial charge in [0.25, 0.3) is 5.91 Å². The first-order chi connectivity index (χ1) is 18.5. The summed E-state index contributed by atoms with van der Waals surface area (Å²) >= 11 is 0. The number of pyridine rings is 1. The lowest BCUT2D eigenvalue weighted by molar-refractivity contribution is 0.0305. The SMILES string of the molecule is C#C.C[C@@H](CCCc1nc2c3cc(F)cc(F)c3nc(N)n2n1)N(C)C(=O)c1ccc(N2CC(C)(O)C2)nc1. The molecule has 0 unspecified atom stereocenters. The number of β-amino-alcohol motifs (C(OH)–C–C–N with tert-alkyl or cyclic N) is 1. The molecule has 12 heteroatoms. The summed E-state index contributed by atoms with van der Waals surface area (Å²) in [6, 6.07) is 5.39. The second-order valence-corrected chi connectivity index (χ2v) is 9.93. The van der Waals surface area contributed by atoms with Crippen molar-refractivity contribution in [2.75, 3.05) is 30.8 Å². The molecule has 0 saturated carbocycles. The molecular formula is C27H30F2N8O2. The van der Waals surface area contributed by atoms with Crippen LogP contribution in [0, 0.1) is 24.5 Å². The zero-order chi connectivity index (χ0) is 28.5. The Bertz CT molecular complexity index is 1530. The van der Waals surface area contributed by atoms with Crippen LogP contribution in [0.2, 0.25) is 0 Å². The lowest BCUT2D eigenvalue weighted by Gasteiger charge is -2.44. The molecule has 4 heterocycles. The largest absolute Gasteiger partial charge is 0.386 e. The van der Waals surface area contributed by atoms with Gasteiger partial charge in [-0.2, -0.15) is 4.52 Å². The van der Waals surface area contributed by atoms with E-state index in [-0.39, 0.29) is 34.4 Å². The van der Waals surface area contributed by atoms with E-state index < -0.39 is 17.2 Å². The number of nitrogen functional groups attached to an aromatic ring is 1. The molecule has 3 aromatic heterocycles. The Kier molecular flexibility index (Phi) is 7.65. The van der Waals surface area contributed by atoms with E-state index in [0.29, 0.717) is 43.7 Å². The molecule has 1 aliphatic rings. The molecule has 204 valence electrons. The number of carbonyl (C=O) groups is 1. The molecule has 10 nitrogen and oxygen atoms in total. The summed E-state index contributed by atoms with van der Waals surface area (Å²) in [5, 5.41) is 14.5. The van der Waals surface area contributed by atoms with Crippen LogP contribution in [0.1, 0.15) is 42.9 Å². The number of halogens is 2. The number of rotatable bonds is 7. The fourth-order valence-corrected chi connectivity index (χ4v) is 4.60. The van der Waals surface area contributed by atoms with Gasteiger partial charge in [0.1, 0.15) is 17.2 Å². The highest BCUT2D eigenvalue weighted by Gasteiger charge is 2.37. The van der Waals surface area contributed by atoms with Crippen molar-refractivity contribution in [1.82, 2.24) is 29.5 Å². The van der Waals surface area contributed by atoms with Gasteiger partial charge >= 0.3 is 0 Å². The van der Waals surface area contributed by atoms with Crippen molar-refractivity contribution < 1.29 is 18.7 Å². The van der Waals surface area contributed by atoms with Crippen molar-refractivity contribution in [3.05, 3.63) is 53.5 Å². The number of fused-ring (bicyclic) bond motifs is 3. The highest BCUT2D eigenvalue weighted by Crippen LogP contribution is 2.26.